The molecule has 0 spiro atoms. The van der Waals surface area contributed by atoms with E-state index in [4.69, 9.17) is 4.74 Å². The maximum atomic E-state index is 13.1. The van der Waals surface area contributed by atoms with E-state index in [1.807, 2.05) is 51.1 Å². The number of hydrogen-bond acceptors (Lipinski definition) is 6. The number of nitrogens with zero attached hydrogens (tertiary/aromatic N) is 3. The molecular weight excluding hydrogens is 456 g/mol. The highest BCUT2D eigenvalue weighted by molar-refractivity contribution is 6.00. The molecule has 0 saturated carbocycles. The van der Waals surface area contributed by atoms with E-state index in [-0.39, 0.29) is 18.0 Å². The minimum atomic E-state index is -0.322. The minimum absolute atomic E-state index is 0.0212. The first-order valence-corrected chi connectivity index (χ1v) is 11.9. The fraction of sp³-hybridized carbons (Fsp3) is 0.259. The van der Waals surface area contributed by atoms with Gasteiger partial charge in [0.15, 0.2) is 0 Å². The third-order valence-electron chi connectivity index (χ3n) is 5.94. The highest BCUT2D eigenvalue weighted by Gasteiger charge is 2.18. The Balaban J connectivity index is 1.35. The van der Waals surface area contributed by atoms with E-state index in [9.17, 15) is 9.59 Å². The molecule has 2 aromatic carbocycles. The maximum Gasteiger partial charge on any atom is 0.330 e. The number of benzene rings is 2. The van der Waals surface area contributed by atoms with Gasteiger partial charge in [-0.2, -0.15) is 0 Å². The van der Waals surface area contributed by atoms with Gasteiger partial charge in [0, 0.05) is 41.0 Å². The van der Waals surface area contributed by atoms with Crippen molar-refractivity contribution in [1.82, 2.24) is 25.2 Å². The van der Waals surface area contributed by atoms with Crippen molar-refractivity contribution in [3.63, 3.8) is 0 Å². The van der Waals surface area contributed by atoms with Crippen LogP contribution in [0.3, 0.4) is 0 Å². The van der Waals surface area contributed by atoms with Crippen molar-refractivity contribution in [3.05, 3.63) is 77.4 Å². The Kier molecular flexibility index (Phi) is 6.39. The van der Waals surface area contributed by atoms with E-state index in [2.05, 4.69) is 25.9 Å². The number of fused-ring (bicyclic) bond motifs is 2. The number of aromatic nitrogens is 3. The van der Waals surface area contributed by atoms with Crippen LogP contribution in [0.2, 0.25) is 0 Å². The summed E-state index contributed by atoms with van der Waals surface area (Å²) in [6, 6.07) is 12.4. The molecule has 0 atom stereocenters. The summed E-state index contributed by atoms with van der Waals surface area (Å²) in [6.45, 7) is 7.26. The number of amides is 2. The Labute approximate surface area is 208 Å². The van der Waals surface area contributed by atoms with Gasteiger partial charge in [0.2, 0.25) is 5.88 Å². The molecule has 0 bridgehead atoms. The Bertz CT molecular complexity index is 1460. The average Bonchev–Trinajstić information content (AvgIpc) is 3.27. The first-order valence-electron chi connectivity index (χ1n) is 11.9. The third-order valence-corrected chi connectivity index (χ3v) is 5.94. The Hall–Kier alpha value is -4.24. The highest BCUT2D eigenvalue weighted by Crippen LogP contribution is 2.29. The summed E-state index contributed by atoms with van der Waals surface area (Å²) in [5, 5.41) is 9.94. The summed E-state index contributed by atoms with van der Waals surface area (Å²) >= 11 is 0. The molecule has 1 aliphatic heterocycles. The molecule has 3 heterocycles. The summed E-state index contributed by atoms with van der Waals surface area (Å²) < 4.78 is 7.64. The molecule has 0 fully saturated rings. The van der Waals surface area contributed by atoms with Crippen LogP contribution in [0.1, 0.15) is 41.0 Å². The number of carbonyl (C=O) groups is 2. The molecule has 0 unspecified atom stereocenters. The lowest BCUT2D eigenvalue weighted by molar-refractivity contribution is 0.0943. The van der Waals surface area contributed by atoms with E-state index < -0.39 is 0 Å². The van der Waals surface area contributed by atoms with Crippen molar-refractivity contribution in [3.8, 4) is 11.6 Å². The van der Waals surface area contributed by atoms with Crippen LogP contribution in [0.25, 0.3) is 10.9 Å². The van der Waals surface area contributed by atoms with E-state index in [1.165, 1.54) is 10.9 Å². The Morgan fingerprint density at radius 1 is 1.11 bits per heavy atom. The SMILES string of the molecule is Cc1cc(NC(=O)n2ccc3cc(Oc4ncnc5c4CCNC5)ccc32)cc(C(=O)NC(C)C)c1. The zero-order valence-electron chi connectivity index (χ0n) is 20.5. The zero-order chi connectivity index (χ0) is 25.2. The lowest BCUT2D eigenvalue weighted by Crippen LogP contribution is -2.30. The summed E-state index contributed by atoms with van der Waals surface area (Å²) in [6.07, 6.45) is 4.04. The standard InChI is InChI=1S/C27H28N6O3/c1-16(2)31-25(34)19-10-17(3)11-20(12-19)32-27(35)33-9-7-18-13-21(4-5-24(18)33)36-26-22-6-8-28-14-23(22)29-15-30-26/h4-5,7,9-13,15-16,28H,6,8,14H2,1-3H3,(H,31,34)(H,32,35). The van der Waals surface area contributed by atoms with Crippen LogP contribution in [0, 0.1) is 6.92 Å². The van der Waals surface area contributed by atoms with Gasteiger partial charge in [0.05, 0.1) is 11.2 Å². The summed E-state index contributed by atoms with van der Waals surface area (Å²) in [5.74, 6) is 1.03. The number of hydrogen-bond donors (Lipinski definition) is 3. The molecule has 2 amide bonds. The van der Waals surface area contributed by atoms with Crippen molar-refractivity contribution >= 4 is 28.5 Å². The minimum Gasteiger partial charge on any atom is -0.439 e. The second-order valence-electron chi connectivity index (χ2n) is 9.19. The molecule has 9 nitrogen and oxygen atoms in total. The average molecular weight is 485 g/mol. The number of nitrogens with one attached hydrogen (secondary N) is 3. The molecule has 184 valence electrons. The topological polar surface area (TPSA) is 110 Å². The summed E-state index contributed by atoms with van der Waals surface area (Å²) in [7, 11) is 0. The molecule has 4 aromatic rings. The number of carbonyl (C=O) groups excluding carboxylic acids is 2. The maximum absolute atomic E-state index is 13.1. The molecule has 36 heavy (non-hydrogen) atoms. The lowest BCUT2D eigenvalue weighted by Gasteiger charge is -2.18. The van der Waals surface area contributed by atoms with Crippen molar-refractivity contribution in [2.24, 2.45) is 0 Å². The lowest BCUT2D eigenvalue weighted by atomic mass is 10.1. The molecule has 0 aliphatic carbocycles. The van der Waals surface area contributed by atoms with E-state index in [0.717, 1.165) is 40.7 Å². The second kappa shape index (κ2) is 9.79. The van der Waals surface area contributed by atoms with Gasteiger partial charge in [-0.05, 0) is 81.8 Å². The number of rotatable bonds is 5. The second-order valence-corrected chi connectivity index (χ2v) is 9.19. The van der Waals surface area contributed by atoms with Gasteiger partial charge in [0.25, 0.3) is 5.91 Å². The zero-order valence-corrected chi connectivity index (χ0v) is 20.5. The predicted octanol–water partition coefficient (Wildman–Crippen LogP) is 4.40. The van der Waals surface area contributed by atoms with Crippen LogP contribution in [-0.2, 0) is 13.0 Å². The molecule has 0 saturated heterocycles. The van der Waals surface area contributed by atoms with Gasteiger partial charge in [-0.1, -0.05) is 0 Å². The molecule has 0 radical (unpaired) electrons. The van der Waals surface area contributed by atoms with Gasteiger partial charge in [-0.15, -0.1) is 0 Å². The first-order chi connectivity index (χ1) is 17.4. The van der Waals surface area contributed by atoms with Crippen molar-refractivity contribution in [1.29, 1.82) is 0 Å². The molecule has 3 N–H and O–H groups in total. The monoisotopic (exact) mass is 484 g/mol. The van der Waals surface area contributed by atoms with Crippen molar-refractivity contribution in [2.75, 3.05) is 11.9 Å². The molecule has 1 aliphatic rings. The van der Waals surface area contributed by atoms with Crippen LogP contribution >= 0.6 is 0 Å². The first kappa shape index (κ1) is 23.5. The van der Waals surface area contributed by atoms with Gasteiger partial charge < -0.3 is 20.7 Å². The van der Waals surface area contributed by atoms with Crippen molar-refractivity contribution < 1.29 is 14.3 Å². The smallest absolute Gasteiger partial charge is 0.330 e. The van der Waals surface area contributed by atoms with Crippen LogP contribution in [-0.4, -0.2) is 39.1 Å². The normalized spacial score (nSPS) is 12.9. The number of aryl methyl sites for hydroxylation is 1. The van der Waals surface area contributed by atoms with E-state index in [0.29, 0.717) is 29.4 Å². The fourth-order valence-corrected chi connectivity index (χ4v) is 4.33. The molecule has 9 heteroatoms. The largest absolute Gasteiger partial charge is 0.439 e. The van der Waals surface area contributed by atoms with Gasteiger partial charge in [0.1, 0.15) is 12.1 Å². The molecule has 5 rings (SSSR count). The molecule has 2 aromatic heterocycles. The van der Waals surface area contributed by atoms with E-state index >= 15 is 0 Å². The van der Waals surface area contributed by atoms with Crippen LogP contribution in [0.5, 0.6) is 11.6 Å². The van der Waals surface area contributed by atoms with Crippen molar-refractivity contribution in [2.45, 2.75) is 39.8 Å². The van der Waals surface area contributed by atoms with Gasteiger partial charge >= 0.3 is 6.03 Å². The Morgan fingerprint density at radius 3 is 2.81 bits per heavy atom. The predicted molar refractivity (Wildman–Crippen MR) is 138 cm³/mol. The summed E-state index contributed by atoms with van der Waals surface area (Å²) in [4.78, 5) is 34.2. The van der Waals surface area contributed by atoms with E-state index in [1.54, 1.807) is 18.3 Å². The summed E-state index contributed by atoms with van der Waals surface area (Å²) in [5.41, 5.74) is 4.64. The molecular formula is C27H28N6O3. The van der Waals surface area contributed by atoms with Gasteiger partial charge in [-0.3, -0.25) is 9.36 Å². The highest BCUT2D eigenvalue weighted by atomic mass is 16.5. The Morgan fingerprint density at radius 2 is 1.97 bits per heavy atom. The fourth-order valence-electron chi connectivity index (χ4n) is 4.33. The van der Waals surface area contributed by atoms with Crippen LogP contribution < -0.4 is 20.7 Å². The third kappa shape index (κ3) is 4.92. The number of anilines is 1. The number of ether oxygens (including phenoxy) is 1. The van der Waals surface area contributed by atoms with Crippen LogP contribution in [0.15, 0.2) is 55.0 Å². The van der Waals surface area contributed by atoms with Gasteiger partial charge in [-0.25, -0.2) is 14.8 Å². The van der Waals surface area contributed by atoms with Crippen LogP contribution in [0.4, 0.5) is 10.5 Å². The quantitative estimate of drug-likeness (QED) is 0.387.